The van der Waals surface area contributed by atoms with Crippen molar-refractivity contribution in [3.05, 3.63) is 76.0 Å². The molecule has 114 valence electrons. The van der Waals surface area contributed by atoms with Crippen LogP contribution in [0.2, 0.25) is 0 Å². The zero-order chi connectivity index (χ0) is 16.0. The molecule has 1 aliphatic rings. The number of Topliss-reactive ketones (excluding diaryl/α,β-unsaturated/α-hetero) is 1. The molecule has 0 unspecified atom stereocenters. The fourth-order valence-electron chi connectivity index (χ4n) is 3.04. The number of carbonyl (C=O) groups is 1. The summed E-state index contributed by atoms with van der Waals surface area (Å²) in [4.78, 5) is 27.7. The Balaban J connectivity index is 1.90. The number of hydrogen-bond acceptors (Lipinski definition) is 4. The molecule has 1 aromatic heterocycles. The van der Waals surface area contributed by atoms with Gasteiger partial charge in [-0.1, -0.05) is 30.3 Å². The Labute approximate surface area is 135 Å². The van der Waals surface area contributed by atoms with Gasteiger partial charge in [-0.25, -0.2) is 0 Å². The quantitative estimate of drug-likeness (QED) is 0.574. The number of nitrogens with zero attached hydrogens (tertiary/aromatic N) is 1. The molecule has 0 radical (unpaired) electrons. The van der Waals surface area contributed by atoms with Crippen LogP contribution in [0.4, 0.5) is 0 Å². The second kappa shape index (κ2) is 5.24. The predicted molar refractivity (Wildman–Crippen MR) is 88.5 cm³/mol. The van der Waals surface area contributed by atoms with E-state index in [0.717, 1.165) is 21.4 Å². The van der Waals surface area contributed by atoms with Gasteiger partial charge in [0, 0.05) is 32.5 Å². The average molecular weight is 324 g/mol. The van der Waals surface area contributed by atoms with Crippen LogP contribution < -0.4 is 0 Å². The van der Waals surface area contributed by atoms with Crippen LogP contribution in [0, 0.1) is 10.1 Å². The standard InChI is InChI=1S/C17H12N2O3S/c20-16-11-6-2-4-8-14(11)23-17(15(16)19(21)22)12-9-18-13-7-3-1-5-10(12)13/h1-9,15,17-18H/t15-,17+/m1/s1. The van der Waals surface area contributed by atoms with Gasteiger partial charge in [0.1, 0.15) is 5.25 Å². The third kappa shape index (κ3) is 2.14. The highest BCUT2D eigenvalue weighted by molar-refractivity contribution is 7.99. The van der Waals surface area contributed by atoms with Crippen molar-refractivity contribution >= 4 is 28.4 Å². The molecule has 2 aromatic carbocycles. The van der Waals surface area contributed by atoms with E-state index < -0.39 is 22.0 Å². The van der Waals surface area contributed by atoms with Crippen molar-refractivity contribution in [2.24, 2.45) is 0 Å². The van der Waals surface area contributed by atoms with Crippen LogP contribution in [-0.4, -0.2) is 21.7 Å². The number of para-hydroxylation sites is 1. The van der Waals surface area contributed by atoms with Crippen molar-refractivity contribution in [3.8, 4) is 0 Å². The van der Waals surface area contributed by atoms with Crippen molar-refractivity contribution in [1.29, 1.82) is 0 Å². The van der Waals surface area contributed by atoms with Crippen molar-refractivity contribution in [1.82, 2.24) is 4.98 Å². The molecular formula is C17H12N2O3S. The molecular weight excluding hydrogens is 312 g/mol. The van der Waals surface area contributed by atoms with Gasteiger partial charge in [0.15, 0.2) is 0 Å². The summed E-state index contributed by atoms with van der Waals surface area (Å²) in [5.41, 5.74) is 2.15. The SMILES string of the molecule is O=C1c2ccccc2S[C@@H](c2c[nH]c3ccccc23)[C@@H]1[N+](=O)[O-]. The number of nitro groups is 1. The number of carbonyl (C=O) groups excluding carboxylic acids is 1. The molecule has 3 aromatic rings. The zero-order valence-electron chi connectivity index (χ0n) is 11.9. The molecule has 2 heterocycles. The zero-order valence-corrected chi connectivity index (χ0v) is 12.7. The van der Waals surface area contributed by atoms with Crippen LogP contribution in [-0.2, 0) is 0 Å². The molecule has 23 heavy (non-hydrogen) atoms. The van der Waals surface area contributed by atoms with E-state index in [2.05, 4.69) is 4.98 Å². The van der Waals surface area contributed by atoms with Gasteiger partial charge in [0.05, 0.1) is 0 Å². The van der Waals surface area contributed by atoms with Crippen molar-refractivity contribution in [3.63, 3.8) is 0 Å². The minimum atomic E-state index is -1.27. The second-order valence-corrected chi connectivity index (χ2v) is 6.60. The second-order valence-electron chi connectivity index (χ2n) is 5.42. The summed E-state index contributed by atoms with van der Waals surface area (Å²) < 4.78 is 0. The highest BCUT2D eigenvalue weighted by Gasteiger charge is 2.46. The number of rotatable bonds is 2. The number of fused-ring (bicyclic) bond motifs is 2. The molecule has 0 spiro atoms. The summed E-state index contributed by atoms with van der Waals surface area (Å²) >= 11 is 1.39. The maximum Gasteiger partial charge on any atom is 0.290 e. The van der Waals surface area contributed by atoms with E-state index in [-0.39, 0.29) is 0 Å². The molecule has 0 aliphatic carbocycles. The topological polar surface area (TPSA) is 76.0 Å². The smallest absolute Gasteiger partial charge is 0.290 e. The first-order chi connectivity index (χ1) is 11.2. The van der Waals surface area contributed by atoms with Crippen LogP contribution >= 0.6 is 11.8 Å². The number of H-pyrrole nitrogens is 1. The lowest BCUT2D eigenvalue weighted by Crippen LogP contribution is -2.37. The molecule has 4 rings (SSSR count). The van der Waals surface area contributed by atoms with Gasteiger partial charge in [-0.15, -0.1) is 11.8 Å². The lowest BCUT2D eigenvalue weighted by atomic mass is 9.96. The number of thioether (sulfide) groups is 1. The van der Waals surface area contributed by atoms with E-state index in [9.17, 15) is 14.9 Å². The predicted octanol–water partition coefficient (Wildman–Crippen LogP) is 3.84. The van der Waals surface area contributed by atoms with Crippen LogP contribution in [0.3, 0.4) is 0 Å². The summed E-state index contributed by atoms with van der Waals surface area (Å²) in [5, 5.41) is 12.0. The largest absolute Gasteiger partial charge is 0.361 e. The first kappa shape index (κ1) is 14.0. The first-order valence-corrected chi connectivity index (χ1v) is 8.04. The normalized spacial score (nSPS) is 20.4. The van der Waals surface area contributed by atoms with Gasteiger partial charge >= 0.3 is 0 Å². The van der Waals surface area contributed by atoms with Crippen LogP contribution in [0.15, 0.2) is 59.6 Å². The Bertz CT molecular complexity index is 934. The Morgan fingerprint density at radius 1 is 1.09 bits per heavy atom. The average Bonchev–Trinajstić information content (AvgIpc) is 2.98. The van der Waals surface area contributed by atoms with Gasteiger partial charge in [0.2, 0.25) is 5.78 Å². The molecule has 0 saturated carbocycles. The van der Waals surface area contributed by atoms with Crippen LogP contribution in [0.25, 0.3) is 10.9 Å². The Morgan fingerprint density at radius 3 is 2.65 bits per heavy atom. The monoisotopic (exact) mass is 324 g/mol. The Kier molecular flexibility index (Phi) is 3.20. The lowest BCUT2D eigenvalue weighted by molar-refractivity contribution is -0.505. The minimum absolute atomic E-state index is 0.417. The summed E-state index contributed by atoms with van der Waals surface area (Å²) in [5.74, 6) is -0.417. The summed E-state index contributed by atoms with van der Waals surface area (Å²) in [7, 11) is 0. The van der Waals surface area contributed by atoms with Crippen LogP contribution in [0.5, 0.6) is 0 Å². The summed E-state index contributed by atoms with van der Waals surface area (Å²) in [6.45, 7) is 0. The molecule has 0 fully saturated rings. The van der Waals surface area contributed by atoms with Gasteiger partial charge in [-0.3, -0.25) is 14.9 Å². The first-order valence-electron chi connectivity index (χ1n) is 7.16. The molecule has 0 saturated heterocycles. The molecule has 5 nitrogen and oxygen atoms in total. The van der Waals surface area contributed by atoms with E-state index in [4.69, 9.17) is 0 Å². The van der Waals surface area contributed by atoms with Crippen molar-refractivity contribution in [2.75, 3.05) is 0 Å². The highest BCUT2D eigenvalue weighted by atomic mass is 32.2. The lowest BCUT2D eigenvalue weighted by Gasteiger charge is -2.25. The van der Waals surface area contributed by atoms with Gasteiger partial charge in [0.25, 0.3) is 6.04 Å². The fraction of sp³-hybridized carbons (Fsp3) is 0.118. The van der Waals surface area contributed by atoms with E-state index >= 15 is 0 Å². The number of benzene rings is 2. The van der Waals surface area contributed by atoms with Gasteiger partial charge in [-0.05, 0) is 23.8 Å². The Morgan fingerprint density at radius 2 is 1.83 bits per heavy atom. The third-order valence-electron chi connectivity index (χ3n) is 4.12. The van der Waals surface area contributed by atoms with Crippen LogP contribution in [0.1, 0.15) is 21.2 Å². The van der Waals surface area contributed by atoms with Crippen molar-refractivity contribution in [2.45, 2.75) is 16.2 Å². The number of ketones is 1. The number of hydrogen-bond donors (Lipinski definition) is 1. The molecule has 1 aliphatic heterocycles. The van der Waals surface area contributed by atoms with Crippen molar-refractivity contribution < 1.29 is 9.72 Å². The third-order valence-corrected chi connectivity index (χ3v) is 5.49. The Hall–Kier alpha value is -2.60. The molecule has 0 amide bonds. The minimum Gasteiger partial charge on any atom is -0.361 e. The maximum absolute atomic E-state index is 12.6. The van der Waals surface area contributed by atoms with E-state index in [1.165, 1.54) is 11.8 Å². The number of aromatic nitrogens is 1. The number of aromatic amines is 1. The van der Waals surface area contributed by atoms with Gasteiger partial charge in [-0.2, -0.15) is 0 Å². The highest BCUT2D eigenvalue weighted by Crippen LogP contribution is 2.47. The molecule has 2 atom stereocenters. The molecule has 6 heteroatoms. The van der Waals surface area contributed by atoms with E-state index in [0.29, 0.717) is 5.56 Å². The van der Waals surface area contributed by atoms with E-state index in [1.807, 2.05) is 36.4 Å². The summed E-state index contributed by atoms with van der Waals surface area (Å²) in [6, 6.07) is 13.5. The molecule has 0 bridgehead atoms. The summed E-state index contributed by atoms with van der Waals surface area (Å²) in [6.07, 6.45) is 1.78. The van der Waals surface area contributed by atoms with E-state index in [1.54, 1.807) is 18.3 Å². The number of nitrogens with one attached hydrogen (secondary N) is 1. The van der Waals surface area contributed by atoms with Gasteiger partial charge < -0.3 is 4.98 Å². The fourth-order valence-corrected chi connectivity index (χ4v) is 4.44. The molecule has 1 N–H and O–H groups in total. The maximum atomic E-state index is 12.6.